The van der Waals surface area contributed by atoms with Crippen LogP contribution in [0.5, 0.6) is 5.75 Å². The molecule has 3 heterocycles. The Balaban J connectivity index is 1.79. The summed E-state index contributed by atoms with van der Waals surface area (Å²) in [7, 11) is 3.32. The van der Waals surface area contributed by atoms with Crippen molar-refractivity contribution in [3.8, 4) is 17.0 Å². The monoisotopic (exact) mass is 471 g/mol. The first-order valence-electron chi connectivity index (χ1n) is 10.1. The molecule has 12 heteroatoms. The number of hydrogen-bond donors (Lipinski definition) is 1. The summed E-state index contributed by atoms with van der Waals surface area (Å²) in [6, 6.07) is 0.385. The van der Waals surface area contributed by atoms with Gasteiger partial charge >= 0.3 is 6.18 Å². The lowest BCUT2D eigenvalue weighted by atomic mass is 9.93. The molecule has 2 aromatic heterocycles. The molecule has 1 unspecified atom stereocenters. The smallest absolute Gasteiger partial charge is 0.419 e. The third kappa shape index (κ3) is 4.07. The van der Waals surface area contributed by atoms with E-state index in [1.807, 2.05) is 25.8 Å². The van der Waals surface area contributed by atoms with E-state index in [1.54, 1.807) is 0 Å². The number of rotatable bonds is 3. The van der Waals surface area contributed by atoms with Crippen LogP contribution in [-0.2, 0) is 18.0 Å². The van der Waals surface area contributed by atoms with Gasteiger partial charge in [0.1, 0.15) is 5.69 Å². The molecular formula is C21H22F5N5O2. The second-order valence-electron chi connectivity index (χ2n) is 8.69. The highest BCUT2D eigenvalue weighted by atomic mass is 19.4. The van der Waals surface area contributed by atoms with Gasteiger partial charge in [-0.15, -0.1) is 0 Å². The molecule has 178 valence electrons. The Bertz CT molecular complexity index is 1220. The van der Waals surface area contributed by atoms with Gasteiger partial charge < -0.3 is 14.7 Å². The van der Waals surface area contributed by atoms with Crippen molar-refractivity contribution < 1.29 is 31.8 Å². The zero-order valence-electron chi connectivity index (χ0n) is 18.3. The fourth-order valence-corrected chi connectivity index (χ4v) is 4.09. The van der Waals surface area contributed by atoms with Crippen LogP contribution in [0.4, 0.5) is 27.9 Å². The van der Waals surface area contributed by atoms with E-state index in [2.05, 4.69) is 15.1 Å². The topological polar surface area (TPSA) is 76.3 Å². The molecule has 0 spiro atoms. The number of hydrogen-bond acceptors (Lipinski definition) is 6. The predicted molar refractivity (Wildman–Crippen MR) is 110 cm³/mol. The molecule has 0 saturated carbocycles. The number of alkyl halides is 3. The minimum absolute atomic E-state index is 0.0970. The van der Waals surface area contributed by atoms with Crippen LogP contribution in [0.3, 0.4) is 0 Å². The van der Waals surface area contributed by atoms with Crippen LogP contribution < -0.4 is 4.90 Å². The van der Waals surface area contributed by atoms with E-state index in [9.17, 15) is 27.1 Å². The van der Waals surface area contributed by atoms with E-state index < -0.39 is 34.7 Å². The molecule has 33 heavy (non-hydrogen) atoms. The van der Waals surface area contributed by atoms with Gasteiger partial charge in [0.25, 0.3) is 0 Å². The number of anilines is 1. The predicted octanol–water partition coefficient (Wildman–Crippen LogP) is 4.43. The fourth-order valence-electron chi connectivity index (χ4n) is 4.09. The first kappa shape index (κ1) is 23.1. The van der Waals surface area contributed by atoms with Crippen LogP contribution >= 0.6 is 0 Å². The molecule has 1 N–H and O–H groups in total. The molecule has 1 atom stereocenters. The summed E-state index contributed by atoms with van der Waals surface area (Å²) < 4.78 is 75.1. The maximum absolute atomic E-state index is 14.6. The number of phenolic OH excluding ortho intramolecular Hbond substituents is 1. The van der Waals surface area contributed by atoms with Crippen molar-refractivity contribution in [3.05, 3.63) is 29.5 Å². The Labute approximate surface area is 185 Å². The number of aromatic hydroxyl groups is 1. The third-order valence-corrected chi connectivity index (χ3v) is 5.84. The summed E-state index contributed by atoms with van der Waals surface area (Å²) in [6.45, 7) is 4.56. The average Bonchev–Trinajstić information content (AvgIpc) is 3.05. The Morgan fingerprint density at radius 2 is 1.94 bits per heavy atom. The first-order chi connectivity index (χ1) is 15.3. The molecule has 0 aliphatic carbocycles. The summed E-state index contributed by atoms with van der Waals surface area (Å²) in [5, 5.41) is 13.9. The van der Waals surface area contributed by atoms with E-state index in [0.29, 0.717) is 12.6 Å². The van der Waals surface area contributed by atoms with Crippen molar-refractivity contribution >= 4 is 17.0 Å². The molecule has 1 saturated heterocycles. The van der Waals surface area contributed by atoms with Gasteiger partial charge in [-0.05, 0) is 32.8 Å². The van der Waals surface area contributed by atoms with Gasteiger partial charge in [0.2, 0.25) is 5.95 Å². The van der Waals surface area contributed by atoms with Crippen molar-refractivity contribution in [2.45, 2.75) is 44.5 Å². The van der Waals surface area contributed by atoms with Gasteiger partial charge in [0, 0.05) is 38.5 Å². The molecule has 1 aliphatic rings. The number of fused-ring (bicyclic) bond motifs is 1. The lowest BCUT2D eigenvalue weighted by Gasteiger charge is -2.39. The standard InChI is InChI=1S/C21H22F5N5O2/c1-20(2)8-10(5-6-33-20)30(3)19-27-9-12-16(29-31(4)18(12)28-19)11-7-13(21(24,25)26)15(23)17(32)14(11)22/h7,9-10,32H,5-6,8H2,1-4H3. The minimum Gasteiger partial charge on any atom is -0.503 e. The summed E-state index contributed by atoms with van der Waals surface area (Å²) in [4.78, 5) is 10.7. The highest BCUT2D eigenvalue weighted by Gasteiger charge is 2.38. The zero-order valence-corrected chi connectivity index (χ0v) is 18.3. The molecule has 4 rings (SSSR count). The summed E-state index contributed by atoms with van der Waals surface area (Å²) >= 11 is 0. The summed E-state index contributed by atoms with van der Waals surface area (Å²) in [6.07, 6.45) is -2.31. The van der Waals surface area contributed by atoms with Gasteiger partial charge in [-0.25, -0.2) is 18.4 Å². The molecule has 0 radical (unpaired) electrons. The van der Waals surface area contributed by atoms with Gasteiger partial charge in [-0.3, -0.25) is 0 Å². The van der Waals surface area contributed by atoms with E-state index in [4.69, 9.17) is 4.74 Å². The van der Waals surface area contributed by atoms with Crippen LogP contribution in [0.1, 0.15) is 32.3 Å². The van der Waals surface area contributed by atoms with Crippen molar-refractivity contribution in [1.29, 1.82) is 0 Å². The molecule has 0 bridgehead atoms. The second-order valence-corrected chi connectivity index (χ2v) is 8.69. The summed E-state index contributed by atoms with van der Waals surface area (Å²) in [5.74, 6) is -4.99. The summed E-state index contributed by atoms with van der Waals surface area (Å²) in [5.41, 5.74) is -2.81. The Kier molecular flexibility index (Phi) is 5.46. The van der Waals surface area contributed by atoms with Crippen LogP contribution in [0.15, 0.2) is 12.3 Å². The highest BCUT2D eigenvalue weighted by Crippen LogP contribution is 2.41. The molecule has 7 nitrogen and oxygen atoms in total. The molecule has 0 amide bonds. The first-order valence-corrected chi connectivity index (χ1v) is 10.1. The number of ether oxygens (including phenoxy) is 1. The Morgan fingerprint density at radius 3 is 2.58 bits per heavy atom. The minimum atomic E-state index is -5.14. The number of benzene rings is 1. The lowest BCUT2D eigenvalue weighted by molar-refractivity contribution is -0.140. The van der Waals surface area contributed by atoms with E-state index in [0.717, 1.165) is 12.8 Å². The molecule has 3 aromatic rings. The molecule has 1 aromatic carbocycles. The number of nitrogens with zero attached hydrogens (tertiary/aromatic N) is 5. The normalized spacial score (nSPS) is 18.6. The van der Waals surface area contributed by atoms with Gasteiger partial charge in [-0.1, -0.05) is 0 Å². The number of aryl methyl sites for hydroxylation is 1. The largest absolute Gasteiger partial charge is 0.503 e. The van der Waals surface area contributed by atoms with Crippen LogP contribution in [0.25, 0.3) is 22.3 Å². The van der Waals surface area contributed by atoms with Crippen LogP contribution in [0, 0.1) is 11.6 Å². The van der Waals surface area contributed by atoms with E-state index >= 15 is 0 Å². The second kappa shape index (κ2) is 7.79. The molecule has 1 fully saturated rings. The zero-order chi connectivity index (χ0) is 24.3. The van der Waals surface area contributed by atoms with Gasteiger partial charge in [0.05, 0.1) is 16.6 Å². The average molecular weight is 471 g/mol. The van der Waals surface area contributed by atoms with Crippen molar-refractivity contribution in [2.75, 3.05) is 18.6 Å². The highest BCUT2D eigenvalue weighted by molar-refractivity contribution is 5.91. The van der Waals surface area contributed by atoms with E-state index in [1.165, 1.54) is 17.9 Å². The number of halogens is 5. The number of phenols is 1. The SMILES string of the molecule is CN(c1ncc2c(-c3cc(C(F)(F)F)c(F)c(O)c3F)nn(C)c2n1)C1CCOC(C)(C)C1. The van der Waals surface area contributed by atoms with Crippen LogP contribution in [-0.4, -0.2) is 50.2 Å². The van der Waals surface area contributed by atoms with Crippen molar-refractivity contribution in [2.24, 2.45) is 7.05 Å². The van der Waals surface area contributed by atoms with Gasteiger partial charge in [0.15, 0.2) is 23.0 Å². The molecule has 1 aliphatic heterocycles. The maximum Gasteiger partial charge on any atom is 0.419 e. The molecular weight excluding hydrogens is 449 g/mol. The van der Waals surface area contributed by atoms with Crippen molar-refractivity contribution in [1.82, 2.24) is 19.7 Å². The van der Waals surface area contributed by atoms with Gasteiger partial charge in [-0.2, -0.15) is 23.3 Å². The quantitative estimate of drug-likeness (QED) is 0.570. The third-order valence-electron chi connectivity index (χ3n) is 5.84. The van der Waals surface area contributed by atoms with E-state index in [-0.39, 0.29) is 34.4 Å². The number of aromatic nitrogens is 4. The fraction of sp³-hybridized carbons (Fsp3) is 0.476. The van der Waals surface area contributed by atoms with Crippen LogP contribution in [0.2, 0.25) is 0 Å². The Hall–Kier alpha value is -3.02. The van der Waals surface area contributed by atoms with Crippen molar-refractivity contribution in [3.63, 3.8) is 0 Å². The maximum atomic E-state index is 14.6. The lowest BCUT2D eigenvalue weighted by Crippen LogP contribution is -2.45. The Morgan fingerprint density at radius 1 is 1.24 bits per heavy atom.